The number of halogens is 2. The van der Waals surface area contributed by atoms with Gasteiger partial charge in [-0.1, -0.05) is 32.9 Å². The lowest BCUT2D eigenvalue weighted by atomic mass is 9.96. The second-order valence-electron chi connectivity index (χ2n) is 10.1. The molecule has 0 amide bonds. The zero-order valence-corrected chi connectivity index (χ0v) is 27.6. The van der Waals surface area contributed by atoms with Crippen LogP contribution in [0.25, 0.3) is 22.3 Å². The van der Waals surface area contributed by atoms with Gasteiger partial charge < -0.3 is 14.2 Å². The van der Waals surface area contributed by atoms with Gasteiger partial charge in [0.2, 0.25) is 0 Å². The van der Waals surface area contributed by atoms with Gasteiger partial charge in [-0.3, -0.25) is 4.79 Å². The Balaban J connectivity index is 1.95. The Morgan fingerprint density at radius 1 is 1.05 bits per heavy atom. The van der Waals surface area contributed by atoms with Crippen LogP contribution >= 0.6 is 31.9 Å². The van der Waals surface area contributed by atoms with Crippen LogP contribution in [0, 0.1) is 6.92 Å². The molecule has 0 aliphatic carbocycles. The van der Waals surface area contributed by atoms with E-state index in [9.17, 15) is 4.79 Å². The summed E-state index contributed by atoms with van der Waals surface area (Å²) >= 11 is 7.36. The fraction of sp³-hybridized carbons (Fsp3) is 0.344. The van der Waals surface area contributed by atoms with E-state index in [0.717, 1.165) is 33.3 Å². The number of hydrogen-bond acceptors (Lipinski definition) is 6. The number of rotatable bonds is 10. The third-order valence-corrected chi connectivity index (χ3v) is 9.00. The maximum Gasteiger partial charge on any atom is 0.282 e. The van der Waals surface area contributed by atoms with E-state index in [1.807, 2.05) is 57.2 Å². The van der Waals surface area contributed by atoms with Crippen molar-refractivity contribution in [2.75, 3.05) is 13.7 Å². The maximum absolute atomic E-state index is 13.8. The third-order valence-electron chi connectivity index (χ3n) is 6.86. The number of fused-ring (bicyclic) bond motifs is 1. The quantitative estimate of drug-likeness (QED) is 0.157. The van der Waals surface area contributed by atoms with Crippen molar-refractivity contribution in [3.63, 3.8) is 0 Å². The fourth-order valence-corrected chi connectivity index (χ4v) is 5.36. The zero-order valence-electron chi connectivity index (χ0n) is 24.4. The summed E-state index contributed by atoms with van der Waals surface area (Å²) in [6.07, 6.45) is 2.49. The van der Waals surface area contributed by atoms with Gasteiger partial charge in [-0.05, 0) is 106 Å². The van der Waals surface area contributed by atoms with Crippen LogP contribution in [0.1, 0.15) is 63.6 Å². The van der Waals surface area contributed by atoms with Crippen LogP contribution in [-0.4, -0.2) is 35.7 Å². The second kappa shape index (κ2) is 13.2. The van der Waals surface area contributed by atoms with Crippen LogP contribution in [-0.2, 0) is 0 Å². The average Bonchev–Trinajstić information content (AvgIpc) is 2.96. The van der Waals surface area contributed by atoms with Gasteiger partial charge in [-0.25, -0.2) is 4.98 Å². The molecule has 0 radical (unpaired) electrons. The van der Waals surface area contributed by atoms with E-state index in [0.29, 0.717) is 44.9 Å². The van der Waals surface area contributed by atoms with Crippen molar-refractivity contribution in [1.29, 1.82) is 0 Å². The Morgan fingerprint density at radius 3 is 2.44 bits per heavy atom. The molecule has 0 saturated heterocycles. The van der Waals surface area contributed by atoms with E-state index in [2.05, 4.69) is 52.6 Å². The van der Waals surface area contributed by atoms with E-state index in [4.69, 9.17) is 24.3 Å². The van der Waals surface area contributed by atoms with Crippen molar-refractivity contribution < 1.29 is 14.2 Å². The van der Waals surface area contributed by atoms with Crippen LogP contribution in [0.2, 0.25) is 0 Å². The molecule has 0 N–H and O–H groups in total. The third kappa shape index (κ3) is 6.36. The van der Waals surface area contributed by atoms with E-state index in [1.54, 1.807) is 19.4 Å². The van der Waals surface area contributed by atoms with Gasteiger partial charge >= 0.3 is 0 Å². The van der Waals surface area contributed by atoms with Gasteiger partial charge in [0.05, 0.1) is 41.4 Å². The number of methoxy groups -OCH3 is 1. The van der Waals surface area contributed by atoms with Gasteiger partial charge in [0.15, 0.2) is 17.3 Å². The van der Waals surface area contributed by atoms with Crippen molar-refractivity contribution in [2.24, 2.45) is 5.10 Å². The summed E-state index contributed by atoms with van der Waals surface area (Å²) in [5, 5.41) is 5.19. The summed E-state index contributed by atoms with van der Waals surface area (Å²) in [5.41, 5.74) is 3.80. The lowest BCUT2D eigenvalue weighted by Crippen LogP contribution is -2.21. The van der Waals surface area contributed by atoms with Crippen LogP contribution < -0.4 is 19.8 Å². The molecule has 3 aromatic carbocycles. The van der Waals surface area contributed by atoms with Crippen LogP contribution in [0.4, 0.5) is 0 Å². The lowest BCUT2D eigenvalue weighted by molar-refractivity contribution is 0.201. The molecule has 216 valence electrons. The Morgan fingerprint density at radius 2 is 1.78 bits per heavy atom. The van der Waals surface area contributed by atoms with Crippen LogP contribution in [0.5, 0.6) is 17.2 Å². The number of nitrogens with zero attached hydrogens (tertiary/aromatic N) is 3. The largest absolute Gasteiger partial charge is 0.496 e. The average molecular weight is 685 g/mol. The summed E-state index contributed by atoms with van der Waals surface area (Å²) in [5.74, 6) is 2.65. The first-order chi connectivity index (χ1) is 19.6. The minimum atomic E-state index is -0.264. The molecule has 1 atom stereocenters. The molecule has 0 saturated carbocycles. The van der Waals surface area contributed by atoms with E-state index in [1.165, 1.54) is 4.68 Å². The fourth-order valence-electron chi connectivity index (χ4n) is 4.45. The van der Waals surface area contributed by atoms with Crippen molar-refractivity contribution in [1.82, 2.24) is 9.66 Å². The molecule has 1 aromatic heterocycles. The predicted molar refractivity (Wildman–Crippen MR) is 173 cm³/mol. The van der Waals surface area contributed by atoms with Crippen molar-refractivity contribution in [3.8, 4) is 28.6 Å². The van der Waals surface area contributed by atoms with E-state index < -0.39 is 0 Å². The molecular weight excluding hydrogens is 650 g/mol. The normalized spacial score (nSPS) is 12.3. The highest BCUT2D eigenvalue weighted by Crippen LogP contribution is 2.43. The predicted octanol–water partition coefficient (Wildman–Crippen LogP) is 8.49. The van der Waals surface area contributed by atoms with Crippen LogP contribution in [0.15, 0.2) is 61.3 Å². The highest BCUT2D eigenvalue weighted by Gasteiger charge is 2.21. The first-order valence-electron chi connectivity index (χ1n) is 13.7. The van der Waals surface area contributed by atoms with Crippen molar-refractivity contribution in [2.45, 2.75) is 60.0 Å². The Bertz CT molecular complexity index is 1660. The molecule has 9 heteroatoms. The molecule has 0 fully saturated rings. The lowest BCUT2D eigenvalue weighted by Gasteiger charge is -2.19. The number of aryl methyl sites for hydroxylation is 1. The van der Waals surface area contributed by atoms with Crippen molar-refractivity contribution in [3.05, 3.63) is 78.5 Å². The number of ether oxygens (including phenoxy) is 3. The molecule has 7 nitrogen and oxygen atoms in total. The Kier molecular flexibility index (Phi) is 9.92. The molecule has 0 unspecified atom stereocenters. The molecule has 1 heterocycles. The number of aromatic nitrogens is 2. The zero-order chi connectivity index (χ0) is 29.8. The molecule has 41 heavy (non-hydrogen) atoms. The minimum Gasteiger partial charge on any atom is -0.496 e. The molecule has 0 bridgehead atoms. The topological polar surface area (TPSA) is 74.9 Å². The Hall–Kier alpha value is -3.17. The standard InChI is InChI=1S/C32H35Br2N3O4/c1-8-20(6)41-30-27(40-9-2)15-21(28(33)29(30)34)17-35-37-31(36-25-13-11-10-12-22(25)32(37)38)24-16-23(18(3)4)26(39-7)14-19(24)5/h10-18,20H,8-9H2,1-7H3/t20-/m0/s1. The molecular formula is C32H35Br2N3O4. The van der Waals surface area contributed by atoms with Crippen LogP contribution in [0.3, 0.4) is 0 Å². The van der Waals surface area contributed by atoms with Gasteiger partial charge in [-0.2, -0.15) is 9.78 Å². The van der Waals surface area contributed by atoms with Crippen molar-refractivity contribution >= 4 is 49.0 Å². The first kappa shape index (κ1) is 30.8. The van der Waals surface area contributed by atoms with Gasteiger partial charge in [-0.15, -0.1) is 0 Å². The van der Waals surface area contributed by atoms with E-state index in [-0.39, 0.29) is 17.6 Å². The number of para-hydroxylation sites is 1. The summed E-state index contributed by atoms with van der Waals surface area (Å²) in [7, 11) is 1.67. The molecule has 4 rings (SSSR count). The van der Waals surface area contributed by atoms with Gasteiger partial charge in [0, 0.05) is 15.6 Å². The van der Waals surface area contributed by atoms with Gasteiger partial charge in [0.25, 0.3) is 5.56 Å². The number of hydrogen-bond donors (Lipinski definition) is 0. The molecule has 4 aromatic rings. The van der Waals surface area contributed by atoms with Gasteiger partial charge in [0.1, 0.15) is 5.75 Å². The smallest absolute Gasteiger partial charge is 0.282 e. The first-order valence-corrected chi connectivity index (χ1v) is 15.3. The number of benzene rings is 3. The second-order valence-corrected chi connectivity index (χ2v) is 11.7. The molecule has 0 aliphatic rings. The minimum absolute atomic E-state index is 0.00481. The highest BCUT2D eigenvalue weighted by molar-refractivity contribution is 9.13. The highest BCUT2D eigenvalue weighted by atomic mass is 79.9. The molecule has 0 aliphatic heterocycles. The summed E-state index contributed by atoms with van der Waals surface area (Å²) in [6, 6.07) is 13.2. The van der Waals surface area contributed by atoms with E-state index >= 15 is 0 Å². The summed E-state index contributed by atoms with van der Waals surface area (Å²) in [4.78, 5) is 18.8. The molecule has 0 spiro atoms. The SMILES string of the molecule is CCOc1cc(C=Nn2c(-c3cc(C(C)C)c(OC)cc3C)nc3ccccc3c2=O)c(Br)c(Br)c1O[C@@H](C)CC. The Labute approximate surface area is 257 Å². The maximum atomic E-state index is 13.8. The summed E-state index contributed by atoms with van der Waals surface area (Å²) < 4.78 is 20.6. The monoisotopic (exact) mass is 683 g/mol. The summed E-state index contributed by atoms with van der Waals surface area (Å²) in [6.45, 7) is 12.7.